The van der Waals surface area contributed by atoms with Gasteiger partial charge in [0.2, 0.25) is 0 Å². The van der Waals surface area contributed by atoms with Crippen LogP contribution in [0, 0.1) is 0 Å². The van der Waals surface area contributed by atoms with E-state index in [2.05, 4.69) is 26.1 Å². The van der Waals surface area contributed by atoms with Crippen molar-refractivity contribution >= 4 is 0 Å². The molecule has 1 atom stereocenters. The average Bonchev–Trinajstić information content (AvgIpc) is 2.30. The van der Waals surface area contributed by atoms with Gasteiger partial charge in [-0.15, -0.1) is 0 Å². The third-order valence-corrected chi connectivity index (χ3v) is 4.14. The highest BCUT2D eigenvalue weighted by molar-refractivity contribution is 4.97. The molecular weight excluding hydrogens is 222 g/mol. The molecule has 1 N–H and O–H groups in total. The standard InChI is InChI=1S/C13H26F2N2/c1-4-7-11-8-17(9-12(14)15)13(5-2,6-3)10-16-11/h11-12,16H,4-10H2,1-3H3. The van der Waals surface area contributed by atoms with Crippen molar-refractivity contribution in [3.05, 3.63) is 0 Å². The highest BCUT2D eigenvalue weighted by Crippen LogP contribution is 2.28. The summed E-state index contributed by atoms with van der Waals surface area (Å²) in [4.78, 5) is 2.02. The van der Waals surface area contributed by atoms with Gasteiger partial charge in [-0.2, -0.15) is 0 Å². The number of alkyl halides is 2. The maximum Gasteiger partial charge on any atom is 0.251 e. The van der Waals surface area contributed by atoms with Crippen LogP contribution in [0.1, 0.15) is 46.5 Å². The van der Waals surface area contributed by atoms with Gasteiger partial charge in [-0.05, 0) is 19.3 Å². The van der Waals surface area contributed by atoms with Crippen LogP contribution in [0.2, 0.25) is 0 Å². The Kier molecular flexibility index (Phi) is 5.80. The van der Waals surface area contributed by atoms with Crippen LogP contribution < -0.4 is 5.32 Å². The third-order valence-electron chi connectivity index (χ3n) is 4.14. The van der Waals surface area contributed by atoms with E-state index < -0.39 is 6.43 Å². The minimum atomic E-state index is -2.23. The molecule has 17 heavy (non-hydrogen) atoms. The second kappa shape index (κ2) is 6.64. The van der Waals surface area contributed by atoms with Crippen molar-refractivity contribution in [3.63, 3.8) is 0 Å². The van der Waals surface area contributed by atoms with Crippen molar-refractivity contribution in [1.82, 2.24) is 10.2 Å². The molecule has 4 heteroatoms. The molecule has 0 bridgehead atoms. The Balaban J connectivity index is 2.71. The lowest BCUT2D eigenvalue weighted by molar-refractivity contribution is -0.0157. The van der Waals surface area contributed by atoms with Crippen LogP contribution in [0.3, 0.4) is 0 Å². The van der Waals surface area contributed by atoms with Crippen LogP contribution in [-0.4, -0.2) is 42.5 Å². The molecule has 1 unspecified atom stereocenters. The number of hydrogen-bond donors (Lipinski definition) is 1. The number of halogens is 2. The minimum Gasteiger partial charge on any atom is -0.311 e. The highest BCUT2D eigenvalue weighted by Gasteiger charge is 2.39. The van der Waals surface area contributed by atoms with Gasteiger partial charge in [0.25, 0.3) is 6.43 Å². The zero-order valence-electron chi connectivity index (χ0n) is 11.3. The average molecular weight is 248 g/mol. The summed E-state index contributed by atoms with van der Waals surface area (Å²) in [6, 6.07) is 0.380. The van der Waals surface area contributed by atoms with Crippen molar-refractivity contribution in [3.8, 4) is 0 Å². The molecule has 0 saturated carbocycles. The molecule has 0 spiro atoms. The summed E-state index contributed by atoms with van der Waals surface area (Å²) in [6.07, 6.45) is 1.81. The Morgan fingerprint density at radius 1 is 1.29 bits per heavy atom. The van der Waals surface area contributed by atoms with Gasteiger partial charge in [0.1, 0.15) is 0 Å². The van der Waals surface area contributed by atoms with Gasteiger partial charge >= 0.3 is 0 Å². The summed E-state index contributed by atoms with van der Waals surface area (Å²) in [6.45, 7) is 7.87. The largest absolute Gasteiger partial charge is 0.311 e. The van der Waals surface area contributed by atoms with Gasteiger partial charge < -0.3 is 5.32 Å². The Labute approximate surface area is 104 Å². The van der Waals surface area contributed by atoms with Crippen LogP contribution in [-0.2, 0) is 0 Å². The molecule has 0 aromatic carbocycles. The normalized spacial score (nSPS) is 25.4. The Morgan fingerprint density at radius 2 is 1.94 bits per heavy atom. The molecular formula is C13H26F2N2. The van der Waals surface area contributed by atoms with Gasteiger partial charge in [-0.1, -0.05) is 27.2 Å². The molecule has 1 rings (SSSR count). The van der Waals surface area contributed by atoms with E-state index in [0.717, 1.165) is 38.8 Å². The van der Waals surface area contributed by atoms with Crippen LogP contribution in [0.25, 0.3) is 0 Å². The fraction of sp³-hybridized carbons (Fsp3) is 1.00. The monoisotopic (exact) mass is 248 g/mol. The lowest BCUT2D eigenvalue weighted by atomic mass is 9.86. The van der Waals surface area contributed by atoms with Crippen molar-refractivity contribution in [2.24, 2.45) is 0 Å². The minimum absolute atomic E-state index is 0.0688. The van der Waals surface area contributed by atoms with Crippen LogP contribution >= 0.6 is 0 Å². The first-order chi connectivity index (χ1) is 8.07. The van der Waals surface area contributed by atoms with Gasteiger partial charge in [0.15, 0.2) is 0 Å². The Hall–Kier alpha value is -0.220. The first kappa shape index (κ1) is 14.8. The van der Waals surface area contributed by atoms with Crippen molar-refractivity contribution in [1.29, 1.82) is 0 Å². The molecule has 1 fully saturated rings. The predicted octanol–water partition coefficient (Wildman–Crippen LogP) is 2.88. The molecule has 0 aliphatic carbocycles. The molecule has 1 saturated heterocycles. The highest BCUT2D eigenvalue weighted by atomic mass is 19.3. The molecule has 1 heterocycles. The SMILES string of the molecule is CCCC1CN(CC(F)F)C(CC)(CC)CN1. The number of hydrogen-bond acceptors (Lipinski definition) is 2. The molecule has 2 nitrogen and oxygen atoms in total. The fourth-order valence-electron chi connectivity index (χ4n) is 2.89. The molecule has 0 aromatic heterocycles. The van der Waals surface area contributed by atoms with E-state index in [0.29, 0.717) is 6.04 Å². The van der Waals surface area contributed by atoms with Crippen molar-refractivity contribution in [2.45, 2.75) is 64.5 Å². The zero-order chi connectivity index (χ0) is 12.9. The second-order valence-electron chi connectivity index (χ2n) is 5.09. The zero-order valence-corrected chi connectivity index (χ0v) is 11.3. The molecule has 1 aliphatic rings. The van der Waals surface area contributed by atoms with E-state index in [1.165, 1.54) is 0 Å². The lowest BCUT2D eigenvalue weighted by Gasteiger charge is -2.49. The lowest BCUT2D eigenvalue weighted by Crippen LogP contribution is -2.64. The number of nitrogens with one attached hydrogen (secondary N) is 1. The third kappa shape index (κ3) is 3.62. The summed E-state index contributed by atoms with van der Waals surface area (Å²) in [5, 5.41) is 3.53. The summed E-state index contributed by atoms with van der Waals surface area (Å²) in [7, 11) is 0. The van der Waals surface area contributed by atoms with E-state index in [1.54, 1.807) is 0 Å². The van der Waals surface area contributed by atoms with Gasteiger partial charge in [-0.25, -0.2) is 8.78 Å². The smallest absolute Gasteiger partial charge is 0.251 e. The van der Waals surface area contributed by atoms with E-state index in [4.69, 9.17) is 0 Å². The quantitative estimate of drug-likeness (QED) is 0.777. The summed E-state index contributed by atoms with van der Waals surface area (Å²) < 4.78 is 25.4. The molecule has 102 valence electrons. The molecule has 1 aliphatic heterocycles. The van der Waals surface area contributed by atoms with Crippen molar-refractivity contribution < 1.29 is 8.78 Å². The Morgan fingerprint density at radius 3 is 2.41 bits per heavy atom. The van der Waals surface area contributed by atoms with E-state index in [1.807, 2.05) is 4.90 Å². The maximum absolute atomic E-state index is 12.7. The van der Waals surface area contributed by atoms with Crippen LogP contribution in [0.15, 0.2) is 0 Å². The number of piperazine rings is 1. The van der Waals surface area contributed by atoms with E-state index in [9.17, 15) is 8.78 Å². The van der Waals surface area contributed by atoms with Gasteiger partial charge in [0.05, 0.1) is 6.54 Å². The Bertz CT molecular complexity index is 217. The second-order valence-corrected chi connectivity index (χ2v) is 5.09. The molecule has 0 amide bonds. The molecule has 0 aromatic rings. The number of rotatable bonds is 6. The maximum atomic E-state index is 12.7. The van der Waals surface area contributed by atoms with E-state index in [-0.39, 0.29) is 12.1 Å². The van der Waals surface area contributed by atoms with E-state index >= 15 is 0 Å². The first-order valence-electron chi connectivity index (χ1n) is 6.84. The first-order valence-corrected chi connectivity index (χ1v) is 6.84. The van der Waals surface area contributed by atoms with Gasteiger partial charge in [0, 0.05) is 24.7 Å². The summed E-state index contributed by atoms with van der Waals surface area (Å²) in [5.74, 6) is 0. The summed E-state index contributed by atoms with van der Waals surface area (Å²) in [5.41, 5.74) is -0.0688. The number of nitrogens with zero attached hydrogens (tertiary/aromatic N) is 1. The van der Waals surface area contributed by atoms with Crippen molar-refractivity contribution in [2.75, 3.05) is 19.6 Å². The van der Waals surface area contributed by atoms with Gasteiger partial charge in [-0.3, -0.25) is 4.90 Å². The molecule has 0 radical (unpaired) electrons. The summed E-state index contributed by atoms with van der Waals surface area (Å²) >= 11 is 0. The topological polar surface area (TPSA) is 15.3 Å². The van der Waals surface area contributed by atoms with Crippen LogP contribution in [0.5, 0.6) is 0 Å². The fourth-order valence-corrected chi connectivity index (χ4v) is 2.89. The van der Waals surface area contributed by atoms with Crippen LogP contribution in [0.4, 0.5) is 8.78 Å². The predicted molar refractivity (Wildman–Crippen MR) is 67.6 cm³/mol.